The topological polar surface area (TPSA) is 97.7 Å². The highest BCUT2D eigenvalue weighted by atomic mass is 35.5. The summed E-state index contributed by atoms with van der Waals surface area (Å²) in [5.41, 5.74) is 1.50. The number of ether oxygens (including phenoxy) is 1. The molecule has 1 aromatic heterocycles. The van der Waals surface area contributed by atoms with Crippen LogP contribution in [0.3, 0.4) is 0 Å². The average Bonchev–Trinajstić information content (AvgIpc) is 3.64. The number of aromatic nitrogens is 1. The van der Waals surface area contributed by atoms with Crippen molar-refractivity contribution in [2.24, 2.45) is 0 Å². The predicted molar refractivity (Wildman–Crippen MR) is 131 cm³/mol. The molecule has 0 spiro atoms. The lowest BCUT2D eigenvalue weighted by molar-refractivity contribution is -0.137. The third kappa shape index (κ3) is 5.41. The molecule has 2 amide bonds. The van der Waals surface area contributed by atoms with E-state index in [1.807, 2.05) is 0 Å². The molecule has 1 N–H and O–H groups in total. The second kappa shape index (κ2) is 10.5. The molecule has 36 heavy (non-hydrogen) atoms. The van der Waals surface area contributed by atoms with Crippen LogP contribution in [0, 0.1) is 5.82 Å². The van der Waals surface area contributed by atoms with E-state index < -0.39 is 17.7 Å². The monoisotopic (exact) mass is 513 g/mol. The van der Waals surface area contributed by atoms with Crippen LogP contribution in [0.4, 0.5) is 4.39 Å². The number of esters is 1. The van der Waals surface area contributed by atoms with Gasteiger partial charge in [0.2, 0.25) is 11.8 Å². The molecule has 8 nitrogen and oxygen atoms in total. The van der Waals surface area contributed by atoms with Crippen LogP contribution in [0.2, 0.25) is 5.02 Å². The Balaban J connectivity index is 1.51. The van der Waals surface area contributed by atoms with Crippen molar-refractivity contribution in [1.29, 1.82) is 0 Å². The molecule has 1 saturated carbocycles. The van der Waals surface area contributed by atoms with Crippen LogP contribution < -0.4 is 5.32 Å². The van der Waals surface area contributed by atoms with Gasteiger partial charge < -0.3 is 19.5 Å². The van der Waals surface area contributed by atoms with E-state index in [9.17, 15) is 23.6 Å². The van der Waals surface area contributed by atoms with Crippen LogP contribution in [0.25, 0.3) is 10.9 Å². The summed E-state index contributed by atoms with van der Waals surface area (Å²) in [5, 5.41) is 3.22. The Labute approximate surface area is 212 Å². The van der Waals surface area contributed by atoms with E-state index in [4.69, 9.17) is 16.3 Å². The number of carbonyl (C=O) groups is 4. The minimum Gasteiger partial charge on any atom is -0.465 e. The predicted octanol–water partition coefficient (Wildman–Crippen LogP) is 3.73. The van der Waals surface area contributed by atoms with Gasteiger partial charge in [-0.15, -0.1) is 0 Å². The zero-order valence-electron chi connectivity index (χ0n) is 19.8. The summed E-state index contributed by atoms with van der Waals surface area (Å²) >= 11 is 5.79. The molecule has 1 heterocycles. The molecule has 0 aliphatic heterocycles. The molecule has 4 rings (SSSR count). The van der Waals surface area contributed by atoms with Crippen molar-refractivity contribution in [1.82, 2.24) is 14.8 Å². The molecular formula is C26H25ClFN3O5. The highest BCUT2D eigenvalue weighted by molar-refractivity contribution is 6.30. The van der Waals surface area contributed by atoms with E-state index in [0.29, 0.717) is 22.0 Å². The van der Waals surface area contributed by atoms with Crippen LogP contribution in [0.15, 0.2) is 42.6 Å². The van der Waals surface area contributed by atoms with Gasteiger partial charge in [-0.05, 0) is 38.0 Å². The van der Waals surface area contributed by atoms with Crippen molar-refractivity contribution in [3.8, 4) is 0 Å². The highest BCUT2D eigenvalue weighted by Gasteiger charge is 2.34. The third-order valence-electron chi connectivity index (χ3n) is 6.12. The SMILES string of the molecule is COC(=O)c1ccc2c(C(C)=O)cn(CC(=O)N(CC(=O)NCc3cccc(Cl)c3F)C3CC3)c2c1. The average molecular weight is 514 g/mol. The van der Waals surface area contributed by atoms with Crippen molar-refractivity contribution < 1.29 is 28.3 Å². The summed E-state index contributed by atoms with van der Waals surface area (Å²) in [5.74, 6) is -2.04. The molecule has 188 valence electrons. The van der Waals surface area contributed by atoms with E-state index in [-0.39, 0.29) is 48.0 Å². The van der Waals surface area contributed by atoms with Crippen molar-refractivity contribution in [2.45, 2.75) is 38.9 Å². The maximum Gasteiger partial charge on any atom is 0.337 e. The van der Waals surface area contributed by atoms with Crippen LogP contribution >= 0.6 is 11.6 Å². The first-order valence-corrected chi connectivity index (χ1v) is 11.8. The summed E-state index contributed by atoms with van der Waals surface area (Å²) in [4.78, 5) is 51.6. The van der Waals surface area contributed by atoms with Gasteiger partial charge in [0.05, 0.1) is 29.8 Å². The van der Waals surface area contributed by atoms with Crippen LogP contribution in [-0.4, -0.2) is 52.7 Å². The van der Waals surface area contributed by atoms with Gasteiger partial charge in [0.25, 0.3) is 0 Å². The Kier molecular flexibility index (Phi) is 7.40. The standard InChI is InChI=1S/C26H25ClFN3O5/c1-15(32)20-12-30(22-10-16(26(35)36-2)6-9-19(20)22)14-24(34)31(18-7-8-18)13-23(33)29-11-17-4-3-5-21(27)25(17)28/h3-6,9-10,12,18H,7-8,11,13-14H2,1-2H3,(H,29,33). The van der Waals surface area contributed by atoms with Crippen LogP contribution in [0.5, 0.6) is 0 Å². The van der Waals surface area contributed by atoms with E-state index >= 15 is 0 Å². The normalized spacial score (nSPS) is 12.9. The van der Waals surface area contributed by atoms with Gasteiger partial charge in [-0.2, -0.15) is 0 Å². The number of benzene rings is 2. The fourth-order valence-corrected chi connectivity index (χ4v) is 4.28. The molecule has 3 aromatic rings. The summed E-state index contributed by atoms with van der Waals surface area (Å²) in [7, 11) is 1.27. The Morgan fingerprint density at radius 1 is 1.19 bits per heavy atom. The number of nitrogens with zero attached hydrogens (tertiary/aromatic N) is 2. The lowest BCUT2D eigenvalue weighted by Gasteiger charge is -2.22. The van der Waals surface area contributed by atoms with E-state index in [1.165, 1.54) is 31.1 Å². The molecule has 2 aromatic carbocycles. The maximum atomic E-state index is 14.1. The summed E-state index contributed by atoms with van der Waals surface area (Å²) in [6.07, 6.45) is 3.14. The van der Waals surface area contributed by atoms with E-state index in [2.05, 4.69) is 5.32 Å². The molecule has 0 atom stereocenters. The zero-order chi connectivity index (χ0) is 26.0. The van der Waals surface area contributed by atoms with Crippen molar-refractivity contribution >= 4 is 46.1 Å². The second-order valence-corrected chi connectivity index (χ2v) is 9.10. The molecule has 1 aliphatic rings. The van der Waals surface area contributed by atoms with Crippen molar-refractivity contribution in [3.63, 3.8) is 0 Å². The maximum absolute atomic E-state index is 14.1. The number of ketones is 1. The molecule has 10 heteroatoms. The third-order valence-corrected chi connectivity index (χ3v) is 6.41. The van der Waals surface area contributed by atoms with Crippen LogP contribution in [0.1, 0.15) is 46.0 Å². The number of amides is 2. The smallest absolute Gasteiger partial charge is 0.337 e. The molecule has 0 unspecified atom stereocenters. The van der Waals surface area contributed by atoms with Gasteiger partial charge in [-0.25, -0.2) is 9.18 Å². The van der Waals surface area contributed by atoms with Gasteiger partial charge >= 0.3 is 5.97 Å². The fourth-order valence-electron chi connectivity index (χ4n) is 4.08. The highest BCUT2D eigenvalue weighted by Crippen LogP contribution is 2.28. The number of hydrogen-bond acceptors (Lipinski definition) is 5. The summed E-state index contributed by atoms with van der Waals surface area (Å²) in [6.45, 7) is 1.07. The largest absolute Gasteiger partial charge is 0.465 e. The van der Waals surface area contributed by atoms with Crippen molar-refractivity contribution in [3.05, 3.63) is 70.1 Å². The van der Waals surface area contributed by atoms with Gasteiger partial charge in [0.1, 0.15) is 12.4 Å². The zero-order valence-corrected chi connectivity index (χ0v) is 20.6. The van der Waals surface area contributed by atoms with E-state index in [0.717, 1.165) is 12.8 Å². The first kappa shape index (κ1) is 25.4. The Hall–Kier alpha value is -3.72. The number of halogens is 2. The molecule has 0 saturated heterocycles. The lowest BCUT2D eigenvalue weighted by atomic mass is 10.1. The van der Waals surface area contributed by atoms with Gasteiger partial charge in [-0.3, -0.25) is 14.4 Å². The molecule has 0 radical (unpaired) electrons. The second-order valence-electron chi connectivity index (χ2n) is 8.69. The minimum absolute atomic E-state index is 0.0317. The molecule has 1 aliphatic carbocycles. The number of methoxy groups -OCH3 is 1. The van der Waals surface area contributed by atoms with Gasteiger partial charge in [-0.1, -0.05) is 29.8 Å². The van der Waals surface area contributed by atoms with Crippen molar-refractivity contribution in [2.75, 3.05) is 13.7 Å². The minimum atomic E-state index is -0.596. The number of fused-ring (bicyclic) bond motifs is 1. The first-order valence-electron chi connectivity index (χ1n) is 11.4. The first-order chi connectivity index (χ1) is 17.2. The number of carbonyl (C=O) groups excluding carboxylic acids is 4. The fraction of sp³-hybridized carbons (Fsp3) is 0.308. The Bertz CT molecular complexity index is 1370. The van der Waals surface area contributed by atoms with Gasteiger partial charge in [0.15, 0.2) is 5.78 Å². The van der Waals surface area contributed by atoms with Crippen LogP contribution in [-0.2, 0) is 27.4 Å². The quantitative estimate of drug-likeness (QED) is 0.347. The molecule has 1 fully saturated rings. The Morgan fingerprint density at radius 3 is 2.61 bits per heavy atom. The van der Waals surface area contributed by atoms with E-state index in [1.54, 1.807) is 35.0 Å². The Morgan fingerprint density at radius 2 is 1.94 bits per heavy atom. The number of hydrogen-bond donors (Lipinski definition) is 1. The molecule has 0 bridgehead atoms. The number of rotatable bonds is 9. The molecular weight excluding hydrogens is 489 g/mol. The lowest BCUT2D eigenvalue weighted by Crippen LogP contribution is -2.43. The number of Topliss-reactive ketones (excluding diaryl/α,β-unsaturated/α-hetero) is 1. The summed E-state index contributed by atoms with van der Waals surface area (Å²) in [6, 6.07) is 9.27. The summed E-state index contributed by atoms with van der Waals surface area (Å²) < 4.78 is 20.5. The van der Waals surface area contributed by atoms with Gasteiger partial charge in [0, 0.05) is 35.3 Å². The number of nitrogens with one attached hydrogen (secondary N) is 1.